The van der Waals surface area contributed by atoms with E-state index < -0.39 is 24.3 Å². The van der Waals surface area contributed by atoms with Gasteiger partial charge in [-0.3, -0.25) is 9.58 Å². The first kappa shape index (κ1) is 31.4. The number of aliphatic carboxylic acids is 2. The van der Waals surface area contributed by atoms with Crippen molar-refractivity contribution in [1.82, 2.24) is 24.2 Å². The van der Waals surface area contributed by atoms with Gasteiger partial charge in [-0.05, 0) is 37.5 Å². The summed E-state index contributed by atoms with van der Waals surface area (Å²) in [6.07, 6.45) is 1.45. The van der Waals surface area contributed by atoms with Crippen molar-refractivity contribution in [2.45, 2.75) is 63.6 Å². The Morgan fingerprint density at radius 3 is 2.05 bits per heavy atom. The van der Waals surface area contributed by atoms with E-state index in [1.54, 1.807) is 0 Å². The van der Waals surface area contributed by atoms with Crippen LogP contribution in [0.1, 0.15) is 48.6 Å². The van der Waals surface area contributed by atoms with Crippen molar-refractivity contribution in [1.29, 1.82) is 0 Å². The highest BCUT2D eigenvalue weighted by Gasteiger charge is 2.39. The molecule has 0 amide bonds. The maximum atomic E-state index is 10.6. The minimum Gasteiger partial charge on any atom is -0.475 e. The summed E-state index contributed by atoms with van der Waals surface area (Å²) in [6.45, 7) is 5.81. The minimum atomic E-state index is -5.08. The number of ether oxygens (including phenoxy) is 1. The molecule has 2 saturated carbocycles. The molecule has 2 aromatic rings. The number of carboxylic acids is 2. The van der Waals surface area contributed by atoms with Gasteiger partial charge in [-0.25, -0.2) is 14.6 Å². The van der Waals surface area contributed by atoms with Gasteiger partial charge in [0.15, 0.2) is 0 Å². The summed E-state index contributed by atoms with van der Waals surface area (Å²) in [5.74, 6) is -3.40. The highest BCUT2D eigenvalue weighted by molar-refractivity contribution is 5.73. The molecule has 1 atom stereocenters. The lowest BCUT2D eigenvalue weighted by Crippen LogP contribution is -2.36. The Labute approximate surface area is 225 Å². The number of aromatic nitrogens is 4. The molecule has 5 rings (SSSR count). The molecule has 0 bridgehead atoms. The molecule has 40 heavy (non-hydrogen) atoms. The molecule has 3 aliphatic rings. The first-order valence-electron chi connectivity index (χ1n) is 12.5. The number of carboxylic acid groups (broad SMARTS) is 2. The lowest BCUT2D eigenvalue weighted by Gasteiger charge is -2.33. The summed E-state index contributed by atoms with van der Waals surface area (Å²) >= 11 is 0. The number of fused-ring (bicyclic) bond motifs is 1. The molecule has 2 aromatic heterocycles. The van der Waals surface area contributed by atoms with Crippen LogP contribution in [0, 0.1) is 11.8 Å². The maximum Gasteiger partial charge on any atom is 0.490 e. The number of aryl methyl sites for hydroxylation is 1. The zero-order valence-corrected chi connectivity index (χ0v) is 21.7. The zero-order chi connectivity index (χ0) is 29.7. The minimum absolute atomic E-state index is 0.426. The van der Waals surface area contributed by atoms with E-state index in [1.165, 1.54) is 42.6 Å². The molecule has 1 unspecified atom stereocenters. The van der Waals surface area contributed by atoms with Gasteiger partial charge in [0.2, 0.25) is 0 Å². The van der Waals surface area contributed by atoms with Crippen molar-refractivity contribution in [3.8, 4) is 0 Å². The summed E-state index contributed by atoms with van der Waals surface area (Å²) in [7, 11) is 1.98. The molecule has 224 valence electrons. The normalized spacial score (nSPS) is 19.1. The second-order valence-electron chi connectivity index (χ2n) is 10.1. The predicted octanol–water partition coefficient (Wildman–Crippen LogP) is 3.82. The zero-order valence-electron chi connectivity index (χ0n) is 21.7. The Kier molecular flexibility index (Phi) is 10.2. The van der Waals surface area contributed by atoms with E-state index in [-0.39, 0.29) is 0 Å². The van der Waals surface area contributed by atoms with Crippen LogP contribution in [0.2, 0.25) is 0 Å². The van der Waals surface area contributed by atoms with E-state index in [2.05, 4.69) is 27.1 Å². The van der Waals surface area contributed by atoms with Gasteiger partial charge in [0.25, 0.3) is 0 Å². The molecule has 16 heteroatoms. The third-order valence-corrected chi connectivity index (χ3v) is 6.37. The van der Waals surface area contributed by atoms with Crippen LogP contribution in [-0.2, 0) is 41.0 Å². The third kappa shape index (κ3) is 10.1. The van der Waals surface area contributed by atoms with Crippen LogP contribution in [0.4, 0.5) is 26.3 Å². The van der Waals surface area contributed by atoms with Gasteiger partial charge < -0.3 is 19.5 Å². The van der Waals surface area contributed by atoms with E-state index in [0.717, 1.165) is 51.2 Å². The van der Waals surface area contributed by atoms with E-state index in [4.69, 9.17) is 29.5 Å². The molecule has 1 aliphatic heterocycles. The molecular weight excluding hydrogens is 552 g/mol. The summed E-state index contributed by atoms with van der Waals surface area (Å²) in [5, 5.41) is 18.6. The summed E-state index contributed by atoms with van der Waals surface area (Å²) in [6, 6.07) is 0. The highest BCUT2D eigenvalue weighted by Crippen LogP contribution is 2.35. The van der Waals surface area contributed by atoms with E-state index >= 15 is 0 Å². The van der Waals surface area contributed by atoms with Crippen LogP contribution in [0.25, 0.3) is 0 Å². The topological polar surface area (TPSA) is 123 Å². The fourth-order valence-electron chi connectivity index (χ4n) is 4.15. The number of hydrogen-bond donors (Lipinski definition) is 2. The van der Waals surface area contributed by atoms with Crippen molar-refractivity contribution < 1.29 is 50.9 Å². The van der Waals surface area contributed by atoms with Gasteiger partial charge in [0.1, 0.15) is 0 Å². The van der Waals surface area contributed by atoms with Gasteiger partial charge in [-0.1, -0.05) is 0 Å². The third-order valence-electron chi connectivity index (χ3n) is 6.37. The van der Waals surface area contributed by atoms with Crippen molar-refractivity contribution in [2.24, 2.45) is 18.9 Å². The quantitative estimate of drug-likeness (QED) is 0.450. The molecule has 10 nitrogen and oxygen atoms in total. The Morgan fingerprint density at radius 1 is 1.00 bits per heavy atom. The van der Waals surface area contributed by atoms with Gasteiger partial charge in [-0.2, -0.15) is 31.4 Å². The number of carbonyl (C=O) groups is 2. The van der Waals surface area contributed by atoms with Crippen LogP contribution in [0.15, 0.2) is 18.7 Å². The fraction of sp³-hybridized carbons (Fsp3) is 0.667. The number of alkyl halides is 6. The lowest BCUT2D eigenvalue weighted by molar-refractivity contribution is -0.193. The van der Waals surface area contributed by atoms with E-state index in [0.29, 0.717) is 5.92 Å². The highest BCUT2D eigenvalue weighted by atomic mass is 19.4. The molecule has 2 fully saturated rings. The standard InChI is InChI=1S/C20H29N5O.2C2HF3O2/c1-23-7-17(6-22-23)8-24-10-18(13-26-12-16-4-5-16)20-19(11-24)21-14-25(20)9-15-2-3-15;2*3-2(4,5)1(6)7/h6-7,14-16,18H,2-5,8-13H2,1H3;2*(H,6,7). The average molecular weight is 584 g/mol. The Balaban J connectivity index is 0.000000263. The van der Waals surface area contributed by atoms with Crippen LogP contribution >= 0.6 is 0 Å². The smallest absolute Gasteiger partial charge is 0.475 e. The molecule has 3 heterocycles. The molecule has 0 spiro atoms. The van der Waals surface area contributed by atoms with Crippen molar-refractivity contribution in [2.75, 3.05) is 19.8 Å². The van der Waals surface area contributed by atoms with Gasteiger partial charge in [0, 0.05) is 63.2 Å². The summed E-state index contributed by atoms with van der Waals surface area (Å²) in [4.78, 5) is 25.1. The van der Waals surface area contributed by atoms with Crippen LogP contribution in [0.5, 0.6) is 0 Å². The van der Waals surface area contributed by atoms with E-state index in [9.17, 15) is 26.3 Å². The lowest BCUT2D eigenvalue weighted by atomic mass is 9.98. The fourth-order valence-corrected chi connectivity index (χ4v) is 4.15. The van der Waals surface area contributed by atoms with Crippen molar-refractivity contribution >= 4 is 11.9 Å². The number of nitrogens with zero attached hydrogens (tertiary/aromatic N) is 5. The molecule has 0 aromatic carbocycles. The Morgan fingerprint density at radius 2 is 1.57 bits per heavy atom. The van der Waals surface area contributed by atoms with Crippen molar-refractivity contribution in [3.63, 3.8) is 0 Å². The van der Waals surface area contributed by atoms with Crippen LogP contribution in [0.3, 0.4) is 0 Å². The Bertz CT molecular complexity index is 1120. The predicted molar refractivity (Wildman–Crippen MR) is 126 cm³/mol. The second kappa shape index (κ2) is 13.0. The average Bonchev–Trinajstić information content (AvgIpc) is 3.76. The van der Waals surface area contributed by atoms with Crippen LogP contribution in [-0.4, -0.2) is 78.5 Å². The Hall–Kier alpha value is -3.14. The summed E-state index contributed by atoms with van der Waals surface area (Å²) in [5.41, 5.74) is 3.96. The molecule has 0 saturated heterocycles. The maximum absolute atomic E-state index is 10.6. The SMILES string of the molecule is Cn1cc(CN2Cc3ncn(CC4CC4)c3C(COCC3CC3)C2)cn1.O=C(O)C(F)(F)F.O=C(O)C(F)(F)F. The molecule has 0 radical (unpaired) electrons. The monoisotopic (exact) mass is 583 g/mol. The first-order chi connectivity index (χ1) is 18.6. The van der Waals surface area contributed by atoms with Gasteiger partial charge >= 0.3 is 24.3 Å². The first-order valence-corrected chi connectivity index (χ1v) is 12.5. The number of hydrogen-bond acceptors (Lipinski definition) is 6. The molecule has 2 aliphatic carbocycles. The van der Waals surface area contributed by atoms with Gasteiger partial charge in [-0.15, -0.1) is 0 Å². The largest absolute Gasteiger partial charge is 0.490 e. The summed E-state index contributed by atoms with van der Waals surface area (Å²) < 4.78 is 73.9. The second-order valence-corrected chi connectivity index (χ2v) is 10.1. The van der Waals surface area contributed by atoms with Crippen LogP contribution < -0.4 is 0 Å². The number of halogens is 6. The number of imidazole rings is 1. The molecule has 2 N–H and O–H groups in total. The van der Waals surface area contributed by atoms with E-state index in [1.807, 2.05) is 17.9 Å². The van der Waals surface area contributed by atoms with Gasteiger partial charge in [0.05, 0.1) is 24.8 Å². The number of rotatable bonds is 8. The van der Waals surface area contributed by atoms with Crippen molar-refractivity contribution in [3.05, 3.63) is 35.7 Å². The molecular formula is C24H31F6N5O5.